The van der Waals surface area contributed by atoms with Crippen molar-refractivity contribution in [1.29, 1.82) is 0 Å². The molecular formula is C14H14N4OS2. The van der Waals surface area contributed by atoms with Gasteiger partial charge in [-0.3, -0.25) is 4.79 Å². The maximum absolute atomic E-state index is 11.2. The molecule has 3 aromatic rings. The van der Waals surface area contributed by atoms with E-state index in [0.717, 1.165) is 21.2 Å². The van der Waals surface area contributed by atoms with Gasteiger partial charge in [0, 0.05) is 12.7 Å². The van der Waals surface area contributed by atoms with Crippen molar-refractivity contribution in [2.45, 2.75) is 17.8 Å². The second-order valence-electron chi connectivity index (χ2n) is 4.65. The Labute approximate surface area is 130 Å². The zero-order valence-electron chi connectivity index (χ0n) is 11.7. The number of aromatic nitrogens is 3. The van der Waals surface area contributed by atoms with Crippen LogP contribution in [0.25, 0.3) is 10.2 Å². The summed E-state index contributed by atoms with van der Waals surface area (Å²) in [6, 6.07) is 6.22. The minimum atomic E-state index is -0.501. The molecule has 3 rings (SSSR count). The number of nitrogens with two attached hydrogens (primary N) is 1. The minimum absolute atomic E-state index is 0.302. The number of thiazole rings is 1. The standard InChI is InChI=1S/C14H14N4OS2/c1-8-16-11(13(15)19)7-18(8)6-9-3-4-10-12(5-9)21-14(17-10)20-2/h3-5,7H,6H2,1-2H3,(H2,15,19). The maximum Gasteiger partial charge on any atom is 0.268 e. The number of benzene rings is 1. The number of primary amides is 1. The summed E-state index contributed by atoms with van der Waals surface area (Å²) >= 11 is 3.34. The van der Waals surface area contributed by atoms with Crippen molar-refractivity contribution < 1.29 is 4.79 Å². The SMILES string of the molecule is CSc1nc2ccc(Cn3cc(C(N)=O)nc3C)cc2s1. The van der Waals surface area contributed by atoms with Crippen molar-refractivity contribution in [2.24, 2.45) is 5.73 Å². The highest BCUT2D eigenvalue weighted by Crippen LogP contribution is 2.28. The van der Waals surface area contributed by atoms with Gasteiger partial charge in [0.2, 0.25) is 0 Å². The Kier molecular flexibility index (Phi) is 3.69. The van der Waals surface area contributed by atoms with Gasteiger partial charge in [-0.15, -0.1) is 11.3 Å². The fraction of sp³-hybridized carbons (Fsp3) is 0.214. The third-order valence-corrected chi connectivity index (χ3v) is 5.19. The summed E-state index contributed by atoms with van der Waals surface area (Å²) < 4.78 is 4.17. The number of imidazole rings is 1. The smallest absolute Gasteiger partial charge is 0.268 e. The van der Waals surface area contributed by atoms with Crippen molar-refractivity contribution in [2.75, 3.05) is 6.26 Å². The number of rotatable bonds is 4. The van der Waals surface area contributed by atoms with E-state index >= 15 is 0 Å². The molecule has 0 saturated carbocycles. The predicted octanol–water partition coefficient (Wildman–Crippen LogP) is 2.67. The van der Waals surface area contributed by atoms with Crippen molar-refractivity contribution in [3.63, 3.8) is 0 Å². The Morgan fingerprint density at radius 1 is 1.43 bits per heavy atom. The zero-order valence-corrected chi connectivity index (χ0v) is 13.3. The van der Waals surface area contributed by atoms with E-state index in [0.29, 0.717) is 12.2 Å². The first-order valence-corrected chi connectivity index (χ1v) is 8.38. The minimum Gasteiger partial charge on any atom is -0.364 e. The first-order chi connectivity index (χ1) is 10.1. The number of aryl methyl sites for hydroxylation is 1. The van der Waals surface area contributed by atoms with Gasteiger partial charge in [0.05, 0.1) is 10.2 Å². The first kappa shape index (κ1) is 14.1. The number of carbonyl (C=O) groups excluding carboxylic acids is 1. The molecule has 2 heterocycles. The second kappa shape index (κ2) is 5.50. The Hall–Kier alpha value is -1.86. The van der Waals surface area contributed by atoms with Crippen molar-refractivity contribution in [3.05, 3.63) is 41.5 Å². The molecule has 0 spiro atoms. The fourth-order valence-corrected chi connectivity index (χ4v) is 3.67. The monoisotopic (exact) mass is 318 g/mol. The molecule has 0 saturated heterocycles. The third-order valence-electron chi connectivity index (χ3n) is 3.19. The Morgan fingerprint density at radius 2 is 2.24 bits per heavy atom. The largest absolute Gasteiger partial charge is 0.364 e. The molecule has 108 valence electrons. The van der Waals surface area contributed by atoms with E-state index in [1.54, 1.807) is 29.3 Å². The molecule has 2 aromatic heterocycles. The molecule has 5 nitrogen and oxygen atoms in total. The van der Waals surface area contributed by atoms with Crippen LogP contribution in [0.5, 0.6) is 0 Å². The van der Waals surface area contributed by atoms with Gasteiger partial charge in [-0.1, -0.05) is 17.8 Å². The van der Waals surface area contributed by atoms with Crippen LogP contribution < -0.4 is 5.73 Å². The van der Waals surface area contributed by atoms with E-state index in [1.807, 2.05) is 23.8 Å². The lowest BCUT2D eigenvalue weighted by molar-refractivity contribution is 0.0996. The molecule has 2 N–H and O–H groups in total. The van der Waals surface area contributed by atoms with Crippen LogP contribution >= 0.6 is 23.1 Å². The quantitative estimate of drug-likeness (QED) is 0.751. The van der Waals surface area contributed by atoms with Crippen LogP contribution in [-0.4, -0.2) is 26.7 Å². The molecule has 7 heteroatoms. The predicted molar refractivity (Wildman–Crippen MR) is 86.0 cm³/mol. The normalized spacial score (nSPS) is 11.1. The molecular weight excluding hydrogens is 304 g/mol. The van der Waals surface area contributed by atoms with Crippen molar-refractivity contribution >= 4 is 39.2 Å². The molecule has 0 aliphatic carbocycles. The Morgan fingerprint density at radius 3 is 2.90 bits per heavy atom. The lowest BCUT2D eigenvalue weighted by Crippen LogP contribution is -2.11. The zero-order chi connectivity index (χ0) is 15.0. The van der Waals surface area contributed by atoms with Crippen LogP contribution in [0.15, 0.2) is 28.7 Å². The van der Waals surface area contributed by atoms with Gasteiger partial charge in [-0.25, -0.2) is 9.97 Å². The number of hydrogen-bond acceptors (Lipinski definition) is 5. The number of amides is 1. The molecule has 0 unspecified atom stereocenters. The number of nitrogens with zero attached hydrogens (tertiary/aromatic N) is 3. The summed E-state index contributed by atoms with van der Waals surface area (Å²) in [4.78, 5) is 19.9. The van der Waals surface area contributed by atoms with E-state index in [1.165, 1.54) is 4.70 Å². The summed E-state index contributed by atoms with van der Waals surface area (Å²) in [5.41, 5.74) is 7.73. The van der Waals surface area contributed by atoms with Crippen LogP contribution in [0.4, 0.5) is 0 Å². The topological polar surface area (TPSA) is 73.8 Å². The van der Waals surface area contributed by atoms with E-state index in [-0.39, 0.29) is 0 Å². The molecule has 0 aliphatic heterocycles. The number of hydrogen-bond donors (Lipinski definition) is 1. The average molecular weight is 318 g/mol. The number of carbonyl (C=O) groups is 1. The van der Waals surface area contributed by atoms with Gasteiger partial charge in [0.15, 0.2) is 4.34 Å². The average Bonchev–Trinajstić information content (AvgIpc) is 3.02. The van der Waals surface area contributed by atoms with Gasteiger partial charge in [-0.05, 0) is 30.9 Å². The van der Waals surface area contributed by atoms with Crippen LogP contribution in [0.2, 0.25) is 0 Å². The number of fused-ring (bicyclic) bond motifs is 1. The molecule has 0 aliphatic rings. The molecule has 0 fully saturated rings. The lowest BCUT2D eigenvalue weighted by atomic mass is 10.2. The third kappa shape index (κ3) is 2.79. The number of thioether (sulfide) groups is 1. The van der Waals surface area contributed by atoms with Gasteiger partial charge in [0.25, 0.3) is 5.91 Å². The van der Waals surface area contributed by atoms with Crippen LogP contribution in [0, 0.1) is 6.92 Å². The summed E-state index contributed by atoms with van der Waals surface area (Å²) in [6.07, 6.45) is 3.72. The van der Waals surface area contributed by atoms with Crippen LogP contribution in [-0.2, 0) is 6.54 Å². The molecule has 1 aromatic carbocycles. The molecule has 0 bridgehead atoms. The van der Waals surface area contributed by atoms with Gasteiger partial charge in [0.1, 0.15) is 11.5 Å². The van der Waals surface area contributed by atoms with E-state index in [4.69, 9.17) is 5.73 Å². The highest BCUT2D eigenvalue weighted by Gasteiger charge is 2.10. The highest BCUT2D eigenvalue weighted by atomic mass is 32.2. The van der Waals surface area contributed by atoms with E-state index in [2.05, 4.69) is 22.1 Å². The molecule has 21 heavy (non-hydrogen) atoms. The Bertz CT molecular complexity index is 822. The highest BCUT2D eigenvalue weighted by molar-refractivity contribution is 8.00. The van der Waals surface area contributed by atoms with Crippen molar-refractivity contribution in [1.82, 2.24) is 14.5 Å². The summed E-state index contributed by atoms with van der Waals surface area (Å²) in [6.45, 7) is 2.53. The van der Waals surface area contributed by atoms with Gasteiger partial charge < -0.3 is 10.3 Å². The molecule has 0 atom stereocenters. The van der Waals surface area contributed by atoms with Crippen molar-refractivity contribution in [3.8, 4) is 0 Å². The molecule has 1 amide bonds. The van der Waals surface area contributed by atoms with Gasteiger partial charge in [-0.2, -0.15) is 0 Å². The van der Waals surface area contributed by atoms with E-state index in [9.17, 15) is 4.79 Å². The molecule has 0 radical (unpaired) electrons. The first-order valence-electron chi connectivity index (χ1n) is 6.34. The summed E-state index contributed by atoms with van der Waals surface area (Å²) in [7, 11) is 0. The van der Waals surface area contributed by atoms with Crippen LogP contribution in [0.1, 0.15) is 21.9 Å². The second-order valence-corrected chi connectivity index (χ2v) is 6.74. The maximum atomic E-state index is 11.2. The lowest BCUT2D eigenvalue weighted by Gasteiger charge is -2.04. The van der Waals surface area contributed by atoms with E-state index < -0.39 is 5.91 Å². The summed E-state index contributed by atoms with van der Waals surface area (Å²) in [5.74, 6) is 0.275. The van der Waals surface area contributed by atoms with Crippen LogP contribution in [0.3, 0.4) is 0 Å². The van der Waals surface area contributed by atoms with Gasteiger partial charge >= 0.3 is 0 Å². The summed E-state index contributed by atoms with van der Waals surface area (Å²) in [5, 5.41) is 0. The Balaban J connectivity index is 1.92. The fourth-order valence-electron chi connectivity index (χ4n) is 2.12.